The number of hydrogen-bond donors (Lipinski definition) is 1. The standard InChI is InChI=1S/C25H32O2/c1-3-25(26)15-13-23-22-10-8-17-16-19(27-18-6-4-5-7-18)9-11-20(17)21(22)12-14-24(23,25)2/h1,9,11,16,18,21-23,26H,4-8,10,12-15H2,2H3/t21-,22+,23+,24-,25-/m0/s1. The summed E-state index contributed by atoms with van der Waals surface area (Å²) in [6.07, 6.45) is 17.6. The molecule has 2 nitrogen and oxygen atoms in total. The third-order valence-corrected chi connectivity index (χ3v) is 8.69. The van der Waals surface area contributed by atoms with Crippen LogP contribution < -0.4 is 4.74 Å². The summed E-state index contributed by atoms with van der Waals surface area (Å²) < 4.78 is 6.25. The van der Waals surface area contributed by atoms with Gasteiger partial charge in [0, 0.05) is 5.41 Å². The van der Waals surface area contributed by atoms with Gasteiger partial charge in [0.2, 0.25) is 0 Å². The quantitative estimate of drug-likeness (QED) is 0.728. The first-order chi connectivity index (χ1) is 13.0. The van der Waals surface area contributed by atoms with Crippen LogP contribution >= 0.6 is 0 Å². The Balaban J connectivity index is 1.40. The SMILES string of the molecule is C#C[C@]1(O)CC[C@@H]2[C@@H]3CCc4cc(OC5CCCC5)ccc4[C@@H]3CC[C@@]21C. The van der Waals surface area contributed by atoms with E-state index < -0.39 is 5.60 Å². The van der Waals surface area contributed by atoms with Crippen LogP contribution in [0.25, 0.3) is 0 Å². The third-order valence-electron chi connectivity index (χ3n) is 8.69. The molecule has 3 saturated carbocycles. The van der Waals surface area contributed by atoms with Crippen LogP contribution in [0, 0.1) is 29.6 Å². The molecule has 0 amide bonds. The van der Waals surface area contributed by atoms with Crippen molar-refractivity contribution in [3.8, 4) is 18.1 Å². The Bertz CT molecular complexity index is 771. The number of hydrogen-bond acceptors (Lipinski definition) is 2. The molecule has 0 unspecified atom stereocenters. The van der Waals surface area contributed by atoms with Gasteiger partial charge in [-0.25, -0.2) is 0 Å². The zero-order chi connectivity index (χ0) is 18.6. The Labute approximate surface area is 163 Å². The second kappa shape index (κ2) is 6.28. The van der Waals surface area contributed by atoms with Gasteiger partial charge in [0.25, 0.3) is 0 Å². The topological polar surface area (TPSA) is 29.5 Å². The minimum absolute atomic E-state index is 0.105. The van der Waals surface area contributed by atoms with Gasteiger partial charge >= 0.3 is 0 Å². The number of fused-ring (bicyclic) bond motifs is 5. The zero-order valence-corrected chi connectivity index (χ0v) is 16.5. The summed E-state index contributed by atoms with van der Waals surface area (Å²) in [5.41, 5.74) is 2.04. The fourth-order valence-electron chi connectivity index (χ4n) is 7.08. The Hall–Kier alpha value is -1.46. The highest BCUT2D eigenvalue weighted by atomic mass is 16.5. The summed E-state index contributed by atoms with van der Waals surface area (Å²) in [5, 5.41) is 11.1. The summed E-state index contributed by atoms with van der Waals surface area (Å²) in [6, 6.07) is 6.88. The van der Waals surface area contributed by atoms with Gasteiger partial charge in [-0.15, -0.1) is 6.42 Å². The normalized spacial score (nSPS) is 40.7. The van der Waals surface area contributed by atoms with Crippen LogP contribution in [0.4, 0.5) is 0 Å². The predicted octanol–water partition coefficient (Wildman–Crippen LogP) is 5.23. The smallest absolute Gasteiger partial charge is 0.130 e. The molecule has 144 valence electrons. The molecule has 0 bridgehead atoms. The Morgan fingerprint density at radius 3 is 2.70 bits per heavy atom. The molecule has 5 atom stereocenters. The Kier molecular flexibility index (Phi) is 4.10. The summed E-state index contributed by atoms with van der Waals surface area (Å²) in [5.74, 6) is 5.70. The van der Waals surface area contributed by atoms with Crippen molar-refractivity contribution in [1.82, 2.24) is 0 Å². The molecule has 4 aliphatic rings. The van der Waals surface area contributed by atoms with E-state index in [1.165, 1.54) is 37.7 Å². The molecule has 0 heterocycles. The van der Waals surface area contributed by atoms with Crippen LogP contribution in [-0.2, 0) is 6.42 Å². The Morgan fingerprint density at radius 1 is 1.11 bits per heavy atom. The molecule has 1 N–H and O–H groups in total. The van der Waals surface area contributed by atoms with Gasteiger partial charge in [-0.05, 0) is 105 Å². The average Bonchev–Trinajstić information content (AvgIpc) is 3.28. The highest BCUT2D eigenvalue weighted by molar-refractivity contribution is 5.41. The maximum absolute atomic E-state index is 11.1. The molecule has 2 heteroatoms. The number of benzene rings is 1. The number of terminal acetylenes is 1. The zero-order valence-electron chi connectivity index (χ0n) is 16.5. The fraction of sp³-hybridized carbons (Fsp3) is 0.680. The van der Waals surface area contributed by atoms with Gasteiger partial charge in [-0.2, -0.15) is 0 Å². The first-order valence-corrected chi connectivity index (χ1v) is 11.0. The second-order valence-electron chi connectivity index (χ2n) is 9.80. The van der Waals surface area contributed by atoms with Crippen molar-refractivity contribution in [3.63, 3.8) is 0 Å². The van der Waals surface area contributed by atoms with E-state index in [1.807, 2.05) is 0 Å². The molecule has 3 fully saturated rings. The lowest BCUT2D eigenvalue weighted by Crippen LogP contribution is -2.50. The van der Waals surface area contributed by atoms with Crippen LogP contribution in [0.5, 0.6) is 5.75 Å². The van der Waals surface area contributed by atoms with Gasteiger partial charge in [0.05, 0.1) is 6.10 Å². The van der Waals surface area contributed by atoms with Gasteiger partial charge in [0.15, 0.2) is 0 Å². The molecule has 0 saturated heterocycles. The van der Waals surface area contributed by atoms with Gasteiger partial charge in [-0.3, -0.25) is 0 Å². The largest absolute Gasteiger partial charge is 0.490 e. The molecule has 27 heavy (non-hydrogen) atoms. The van der Waals surface area contributed by atoms with Gasteiger partial charge in [-0.1, -0.05) is 18.9 Å². The number of aliphatic hydroxyl groups is 1. The minimum Gasteiger partial charge on any atom is -0.490 e. The molecular weight excluding hydrogens is 332 g/mol. The van der Waals surface area contributed by atoms with Crippen LogP contribution in [0.15, 0.2) is 18.2 Å². The predicted molar refractivity (Wildman–Crippen MR) is 108 cm³/mol. The van der Waals surface area contributed by atoms with E-state index in [-0.39, 0.29) is 5.41 Å². The lowest BCUT2D eigenvalue weighted by atomic mass is 9.53. The molecule has 0 radical (unpaired) electrons. The van der Waals surface area contributed by atoms with E-state index in [1.54, 1.807) is 5.56 Å². The summed E-state index contributed by atoms with van der Waals surface area (Å²) >= 11 is 0. The molecule has 0 aromatic heterocycles. The average molecular weight is 365 g/mol. The molecule has 1 aromatic rings. The van der Waals surface area contributed by atoms with Crippen molar-refractivity contribution in [2.24, 2.45) is 17.3 Å². The molecule has 1 aromatic carbocycles. The van der Waals surface area contributed by atoms with Crippen molar-refractivity contribution >= 4 is 0 Å². The number of ether oxygens (including phenoxy) is 1. The first kappa shape index (κ1) is 17.6. The van der Waals surface area contributed by atoms with Crippen molar-refractivity contribution in [2.75, 3.05) is 0 Å². The highest BCUT2D eigenvalue weighted by Crippen LogP contribution is 2.64. The van der Waals surface area contributed by atoms with Crippen LogP contribution in [-0.4, -0.2) is 16.8 Å². The maximum atomic E-state index is 11.1. The summed E-state index contributed by atoms with van der Waals surface area (Å²) in [7, 11) is 0. The summed E-state index contributed by atoms with van der Waals surface area (Å²) in [6.45, 7) is 2.26. The molecule has 4 aliphatic carbocycles. The number of rotatable bonds is 2. The van der Waals surface area contributed by atoms with E-state index in [0.717, 1.165) is 37.9 Å². The van der Waals surface area contributed by atoms with E-state index in [0.29, 0.717) is 23.9 Å². The van der Waals surface area contributed by atoms with E-state index in [2.05, 4.69) is 31.0 Å². The van der Waals surface area contributed by atoms with Gasteiger partial charge in [0.1, 0.15) is 11.4 Å². The fourth-order valence-corrected chi connectivity index (χ4v) is 7.08. The number of aryl methyl sites for hydroxylation is 1. The third kappa shape index (κ3) is 2.58. The molecule has 5 rings (SSSR count). The van der Waals surface area contributed by atoms with Crippen LogP contribution in [0.2, 0.25) is 0 Å². The maximum Gasteiger partial charge on any atom is 0.130 e. The highest BCUT2D eigenvalue weighted by Gasteiger charge is 2.61. The van der Waals surface area contributed by atoms with E-state index >= 15 is 0 Å². The monoisotopic (exact) mass is 364 g/mol. The van der Waals surface area contributed by atoms with Crippen molar-refractivity contribution in [3.05, 3.63) is 29.3 Å². The van der Waals surface area contributed by atoms with Crippen molar-refractivity contribution < 1.29 is 9.84 Å². The van der Waals surface area contributed by atoms with Crippen molar-refractivity contribution in [2.45, 2.75) is 88.8 Å². The van der Waals surface area contributed by atoms with Gasteiger partial charge < -0.3 is 9.84 Å². The minimum atomic E-state index is -0.901. The molecule has 0 spiro atoms. The summed E-state index contributed by atoms with van der Waals surface area (Å²) in [4.78, 5) is 0. The van der Waals surface area contributed by atoms with E-state index in [4.69, 9.17) is 11.2 Å². The first-order valence-electron chi connectivity index (χ1n) is 11.0. The Morgan fingerprint density at radius 2 is 1.93 bits per heavy atom. The molecule has 0 aliphatic heterocycles. The van der Waals surface area contributed by atoms with Crippen molar-refractivity contribution in [1.29, 1.82) is 0 Å². The van der Waals surface area contributed by atoms with Crippen LogP contribution in [0.1, 0.15) is 81.8 Å². The van der Waals surface area contributed by atoms with Crippen LogP contribution in [0.3, 0.4) is 0 Å². The lowest BCUT2D eigenvalue weighted by Gasteiger charge is -2.52. The van der Waals surface area contributed by atoms with E-state index in [9.17, 15) is 5.11 Å². The molecular formula is C25H32O2. The second-order valence-corrected chi connectivity index (χ2v) is 9.80. The lowest BCUT2D eigenvalue weighted by molar-refractivity contribution is -0.0647.